The van der Waals surface area contributed by atoms with Crippen LogP contribution in [0.15, 0.2) is 18.2 Å². The maximum atomic E-state index is 6.23. The van der Waals surface area contributed by atoms with Gasteiger partial charge in [0.05, 0.1) is 6.10 Å². The van der Waals surface area contributed by atoms with E-state index in [1.807, 2.05) is 25.1 Å². The maximum Gasteiger partial charge on any atom is 0.0703 e. The van der Waals surface area contributed by atoms with Gasteiger partial charge in [-0.05, 0) is 57.0 Å². The third kappa shape index (κ3) is 5.70. The molecule has 0 aliphatic heterocycles. The summed E-state index contributed by atoms with van der Waals surface area (Å²) in [5.41, 5.74) is 1.06. The van der Waals surface area contributed by atoms with Gasteiger partial charge < -0.3 is 10.1 Å². The van der Waals surface area contributed by atoms with Gasteiger partial charge in [0.2, 0.25) is 0 Å². The van der Waals surface area contributed by atoms with Gasteiger partial charge in [-0.25, -0.2) is 0 Å². The van der Waals surface area contributed by atoms with Gasteiger partial charge in [-0.1, -0.05) is 30.1 Å². The van der Waals surface area contributed by atoms with Crippen LogP contribution < -0.4 is 5.32 Å². The first-order valence-electron chi connectivity index (χ1n) is 6.87. The molecule has 1 aromatic carbocycles. The average Bonchev–Trinajstić information content (AvgIpc) is 2.38. The van der Waals surface area contributed by atoms with E-state index in [2.05, 4.69) is 19.2 Å². The van der Waals surface area contributed by atoms with E-state index in [1.165, 1.54) is 0 Å². The molecule has 0 saturated heterocycles. The fourth-order valence-corrected chi connectivity index (χ4v) is 2.44. The molecule has 0 aliphatic rings. The van der Waals surface area contributed by atoms with Gasteiger partial charge in [-0.3, -0.25) is 0 Å². The lowest BCUT2D eigenvalue weighted by molar-refractivity contribution is 0.0476. The lowest BCUT2D eigenvalue weighted by Gasteiger charge is -2.25. The van der Waals surface area contributed by atoms with Crippen LogP contribution in [-0.4, -0.2) is 25.3 Å². The molecule has 0 bridgehead atoms. The number of nitrogens with one attached hydrogen (secondary N) is 1. The van der Waals surface area contributed by atoms with Crippen LogP contribution in [0.3, 0.4) is 0 Å². The number of halogens is 2. The molecule has 0 aliphatic carbocycles. The van der Waals surface area contributed by atoms with Gasteiger partial charge in [0.25, 0.3) is 0 Å². The second-order valence-electron chi connectivity index (χ2n) is 4.66. The normalized spacial score (nSPS) is 14.4. The largest absolute Gasteiger partial charge is 0.377 e. The molecule has 1 aromatic rings. The summed E-state index contributed by atoms with van der Waals surface area (Å²) in [6.45, 7) is 7.95. The maximum absolute atomic E-state index is 6.23. The lowest BCUT2D eigenvalue weighted by atomic mass is 10.0. The van der Waals surface area contributed by atoms with Gasteiger partial charge in [-0.2, -0.15) is 0 Å². The summed E-state index contributed by atoms with van der Waals surface area (Å²) in [6, 6.07) is 5.84. The molecule has 1 rings (SSSR count). The summed E-state index contributed by atoms with van der Waals surface area (Å²) in [6.07, 6.45) is 2.06. The monoisotopic (exact) mass is 303 g/mol. The zero-order valence-corrected chi connectivity index (χ0v) is 13.4. The van der Waals surface area contributed by atoms with E-state index in [0.717, 1.165) is 41.6 Å². The van der Waals surface area contributed by atoms with Crippen molar-refractivity contribution in [1.82, 2.24) is 5.32 Å². The molecule has 0 saturated carbocycles. The molecule has 108 valence electrons. The standard InChI is InChI=1S/C15H23Cl2NO/c1-4-8-18-15(11(3)19-5-2)10-12-9-13(16)6-7-14(12)17/h6-7,9,11,15,18H,4-5,8,10H2,1-3H3. The summed E-state index contributed by atoms with van der Waals surface area (Å²) in [7, 11) is 0. The molecule has 0 fully saturated rings. The molecule has 2 nitrogen and oxygen atoms in total. The Hall–Kier alpha value is -0.280. The Kier molecular flexibility index (Phi) is 7.77. The van der Waals surface area contributed by atoms with Crippen molar-refractivity contribution in [3.05, 3.63) is 33.8 Å². The minimum atomic E-state index is 0.145. The Morgan fingerprint density at radius 3 is 2.63 bits per heavy atom. The number of benzene rings is 1. The van der Waals surface area contributed by atoms with Gasteiger partial charge >= 0.3 is 0 Å². The Labute approximate surface area is 126 Å². The van der Waals surface area contributed by atoms with Gasteiger partial charge in [0.1, 0.15) is 0 Å². The van der Waals surface area contributed by atoms with E-state index < -0.39 is 0 Å². The molecule has 0 spiro atoms. The summed E-state index contributed by atoms with van der Waals surface area (Å²) >= 11 is 12.3. The van der Waals surface area contributed by atoms with Crippen LogP contribution in [0, 0.1) is 0 Å². The zero-order valence-electron chi connectivity index (χ0n) is 11.9. The van der Waals surface area contributed by atoms with E-state index >= 15 is 0 Å². The van der Waals surface area contributed by atoms with Crippen molar-refractivity contribution in [1.29, 1.82) is 0 Å². The minimum absolute atomic E-state index is 0.145. The van der Waals surface area contributed by atoms with Crippen molar-refractivity contribution in [2.45, 2.75) is 45.8 Å². The highest BCUT2D eigenvalue weighted by molar-refractivity contribution is 6.33. The van der Waals surface area contributed by atoms with Crippen LogP contribution in [0.2, 0.25) is 10.0 Å². The highest BCUT2D eigenvalue weighted by Gasteiger charge is 2.18. The molecule has 19 heavy (non-hydrogen) atoms. The predicted molar refractivity (Wildman–Crippen MR) is 83.3 cm³/mol. The highest BCUT2D eigenvalue weighted by Crippen LogP contribution is 2.22. The molecular weight excluding hydrogens is 281 g/mol. The molecule has 2 atom stereocenters. The number of ether oxygens (including phenoxy) is 1. The van der Waals surface area contributed by atoms with Gasteiger partial charge in [-0.15, -0.1) is 0 Å². The number of hydrogen-bond donors (Lipinski definition) is 1. The second-order valence-corrected chi connectivity index (χ2v) is 5.50. The summed E-state index contributed by atoms with van der Waals surface area (Å²) in [5, 5.41) is 5.00. The topological polar surface area (TPSA) is 21.3 Å². The average molecular weight is 304 g/mol. The first-order chi connectivity index (χ1) is 9.08. The quantitative estimate of drug-likeness (QED) is 0.772. The summed E-state index contributed by atoms with van der Waals surface area (Å²) in [5.74, 6) is 0. The van der Waals surface area contributed by atoms with Crippen LogP contribution in [0.25, 0.3) is 0 Å². The van der Waals surface area contributed by atoms with E-state index in [9.17, 15) is 0 Å². The van der Waals surface area contributed by atoms with Crippen molar-refractivity contribution in [3.8, 4) is 0 Å². The molecule has 0 aromatic heterocycles. The lowest BCUT2D eigenvalue weighted by Crippen LogP contribution is -2.42. The van der Waals surface area contributed by atoms with E-state index in [1.54, 1.807) is 0 Å². The van der Waals surface area contributed by atoms with Crippen molar-refractivity contribution >= 4 is 23.2 Å². The number of rotatable bonds is 8. The summed E-state index contributed by atoms with van der Waals surface area (Å²) in [4.78, 5) is 0. The fraction of sp³-hybridized carbons (Fsp3) is 0.600. The number of hydrogen-bond acceptors (Lipinski definition) is 2. The van der Waals surface area contributed by atoms with Crippen LogP contribution in [0.5, 0.6) is 0 Å². The third-order valence-corrected chi connectivity index (χ3v) is 3.70. The minimum Gasteiger partial charge on any atom is -0.377 e. The van der Waals surface area contributed by atoms with Crippen molar-refractivity contribution < 1.29 is 4.74 Å². The summed E-state index contributed by atoms with van der Waals surface area (Å²) < 4.78 is 5.70. The molecule has 0 amide bonds. The van der Waals surface area contributed by atoms with Crippen molar-refractivity contribution in [2.75, 3.05) is 13.2 Å². The molecule has 1 N–H and O–H groups in total. The first kappa shape index (κ1) is 16.8. The highest BCUT2D eigenvalue weighted by atomic mass is 35.5. The first-order valence-corrected chi connectivity index (χ1v) is 7.63. The third-order valence-electron chi connectivity index (χ3n) is 3.10. The Morgan fingerprint density at radius 1 is 1.26 bits per heavy atom. The van der Waals surface area contributed by atoms with Gasteiger partial charge in [0.15, 0.2) is 0 Å². The molecule has 2 unspecified atom stereocenters. The fourth-order valence-electron chi connectivity index (χ4n) is 2.05. The second kappa shape index (κ2) is 8.80. The van der Waals surface area contributed by atoms with E-state index in [4.69, 9.17) is 27.9 Å². The molecular formula is C15H23Cl2NO. The van der Waals surface area contributed by atoms with Gasteiger partial charge in [0, 0.05) is 22.7 Å². The van der Waals surface area contributed by atoms with Crippen molar-refractivity contribution in [2.24, 2.45) is 0 Å². The van der Waals surface area contributed by atoms with Crippen LogP contribution >= 0.6 is 23.2 Å². The molecule has 0 radical (unpaired) electrons. The SMILES string of the molecule is CCCNC(Cc1cc(Cl)ccc1Cl)C(C)OCC. The van der Waals surface area contributed by atoms with Crippen molar-refractivity contribution in [3.63, 3.8) is 0 Å². The Morgan fingerprint density at radius 2 is 2.00 bits per heavy atom. The molecule has 0 heterocycles. The smallest absolute Gasteiger partial charge is 0.0703 e. The zero-order chi connectivity index (χ0) is 14.3. The van der Waals surface area contributed by atoms with Crippen LogP contribution in [0.4, 0.5) is 0 Å². The molecule has 4 heteroatoms. The van der Waals surface area contributed by atoms with Crippen LogP contribution in [0.1, 0.15) is 32.8 Å². The van der Waals surface area contributed by atoms with Crippen LogP contribution in [-0.2, 0) is 11.2 Å². The van der Waals surface area contributed by atoms with E-state index in [0.29, 0.717) is 0 Å². The Balaban J connectivity index is 2.77. The van der Waals surface area contributed by atoms with E-state index in [-0.39, 0.29) is 12.1 Å². The Bertz CT molecular complexity index is 384. The predicted octanol–water partition coefficient (Wildman–Crippen LogP) is 4.33.